The minimum absolute atomic E-state index is 0.176. The first-order chi connectivity index (χ1) is 7.33. The lowest BCUT2D eigenvalue weighted by molar-refractivity contribution is -0.908. The molecule has 0 spiro atoms. The average Bonchev–Trinajstić information content (AvgIpc) is 2.28. The molecule has 1 rings (SSSR count). The van der Waals surface area contributed by atoms with Crippen molar-refractivity contribution in [2.75, 3.05) is 53.2 Å². The van der Waals surface area contributed by atoms with Gasteiger partial charge in [0.25, 0.3) is 0 Å². The van der Waals surface area contributed by atoms with Gasteiger partial charge in [-0.1, -0.05) is 0 Å². The number of methoxy groups -OCH3 is 1. The zero-order chi connectivity index (χ0) is 10.9. The van der Waals surface area contributed by atoms with E-state index in [1.54, 1.807) is 7.11 Å². The second kappa shape index (κ2) is 7.62. The fourth-order valence-electron chi connectivity index (χ4n) is 1.48. The SMILES string of the molecule is COCCC(=O)OCC[NH+]1CCOCC1. The van der Waals surface area contributed by atoms with Crippen LogP contribution < -0.4 is 4.90 Å². The lowest BCUT2D eigenvalue weighted by atomic mass is 10.4. The minimum Gasteiger partial charge on any atom is -0.460 e. The highest BCUT2D eigenvalue weighted by molar-refractivity contribution is 5.69. The number of rotatable bonds is 6. The first-order valence-corrected chi connectivity index (χ1v) is 5.39. The molecule has 0 bridgehead atoms. The molecule has 0 radical (unpaired) electrons. The van der Waals surface area contributed by atoms with E-state index in [2.05, 4.69) is 0 Å². The van der Waals surface area contributed by atoms with Crippen LogP contribution in [0.4, 0.5) is 0 Å². The normalized spacial score (nSPS) is 17.7. The van der Waals surface area contributed by atoms with E-state index in [1.165, 1.54) is 4.90 Å². The third kappa shape index (κ3) is 5.71. The molecule has 1 aliphatic heterocycles. The van der Waals surface area contributed by atoms with E-state index in [1.807, 2.05) is 0 Å². The monoisotopic (exact) mass is 218 g/mol. The molecule has 1 fully saturated rings. The summed E-state index contributed by atoms with van der Waals surface area (Å²) in [5.74, 6) is -0.176. The lowest BCUT2D eigenvalue weighted by Crippen LogP contribution is -3.14. The molecule has 0 aromatic carbocycles. The molecule has 5 nitrogen and oxygen atoms in total. The van der Waals surface area contributed by atoms with Crippen LogP contribution in [0, 0.1) is 0 Å². The summed E-state index contributed by atoms with van der Waals surface area (Å²) >= 11 is 0. The van der Waals surface area contributed by atoms with Crippen molar-refractivity contribution >= 4 is 5.97 Å². The third-order valence-corrected chi connectivity index (χ3v) is 2.43. The van der Waals surface area contributed by atoms with E-state index in [4.69, 9.17) is 14.2 Å². The molecule has 5 heteroatoms. The Morgan fingerprint density at radius 1 is 1.33 bits per heavy atom. The fourth-order valence-corrected chi connectivity index (χ4v) is 1.48. The lowest BCUT2D eigenvalue weighted by Gasteiger charge is -2.23. The summed E-state index contributed by atoms with van der Waals surface area (Å²) < 4.78 is 15.1. The molecule has 0 aliphatic carbocycles. The summed E-state index contributed by atoms with van der Waals surface area (Å²) in [6.07, 6.45) is 0.342. The predicted octanol–water partition coefficient (Wildman–Crippen LogP) is -1.52. The van der Waals surface area contributed by atoms with Crippen molar-refractivity contribution in [3.63, 3.8) is 0 Å². The van der Waals surface area contributed by atoms with Gasteiger partial charge in [0, 0.05) is 7.11 Å². The Hall–Kier alpha value is -0.650. The van der Waals surface area contributed by atoms with E-state index in [9.17, 15) is 4.79 Å². The first kappa shape index (κ1) is 12.4. The summed E-state index contributed by atoms with van der Waals surface area (Å²) in [4.78, 5) is 12.6. The second-order valence-corrected chi connectivity index (χ2v) is 3.58. The molecule has 1 saturated heterocycles. The number of nitrogens with one attached hydrogen (secondary N) is 1. The van der Waals surface area contributed by atoms with Crippen LogP contribution in [0.3, 0.4) is 0 Å². The van der Waals surface area contributed by atoms with Crippen molar-refractivity contribution in [3.05, 3.63) is 0 Å². The second-order valence-electron chi connectivity index (χ2n) is 3.58. The summed E-state index contributed by atoms with van der Waals surface area (Å²) in [7, 11) is 1.57. The van der Waals surface area contributed by atoms with Crippen molar-refractivity contribution in [2.24, 2.45) is 0 Å². The number of esters is 1. The van der Waals surface area contributed by atoms with Crippen LogP contribution in [0.5, 0.6) is 0 Å². The number of ether oxygens (including phenoxy) is 3. The molecule has 1 aliphatic rings. The quantitative estimate of drug-likeness (QED) is 0.550. The van der Waals surface area contributed by atoms with Crippen molar-refractivity contribution in [3.8, 4) is 0 Å². The molecule has 0 amide bonds. The van der Waals surface area contributed by atoms with Gasteiger partial charge in [0.15, 0.2) is 0 Å². The van der Waals surface area contributed by atoms with Gasteiger partial charge in [0.2, 0.25) is 0 Å². The highest BCUT2D eigenvalue weighted by atomic mass is 16.5. The molecule has 15 heavy (non-hydrogen) atoms. The van der Waals surface area contributed by atoms with Gasteiger partial charge in [0.05, 0.1) is 26.2 Å². The van der Waals surface area contributed by atoms with Crippen LogP contribution in [0.15, 0.2) is 0 Å². The Morgan fingerprint density at radius 3 is 2.73 bits per heavy atom. The zero-order valence-corrected chi connectivity index (χ0v) is 9.29. The summed E-state index contributed by atoms with van der Waals surface area (Å²) in [6, 6.07) is 0. The smallest absolute Gasteiger partial charge is 0.308 e. The number of carbonyl (C=O) groups is 1. The van der Waals surface area contributed by atoms with Gasteiger partial charge in [0.1, 0.15) is 26.2 Å². The van der Waals surface area contributed by atoms with Crippen LogP contribution in [0.2, 0.25) is 0 Å². The molecular weight excluding hydrogens is 198 g/mol. The number of carbonyl (C=O) groups excluding carboxylic acids is 1. The van der Waals surface area contributed by atoms with Gasteiger partial charge in [-0.2, -0.15) is 0 Å². The third-order valence-electron chi connectivity index (χ3n) is 2.43. The van der Waals surface area contributed by atoms with Crippen molar-refractivity contribution in [2.45, 2.75) is 6.42 Å². The van der Waals surface area contributed by atoms with E-state index in [0.717, 1.165) is 32.8 Å². The topological polar surface area (TPSA) is 49.2 Å². The number of hydrogen-bond acceptors (Lipinski definition) is 4. The molecule has 0 aromatic rings. The van der Waals surface area contributed by atoms with Gasteiger partial charge in [-0.3, -0.25) is 4.79 Å². The van der Waals surface area contributed by atoms with Gasteiger partial charge in [-0.15, -0.1) is 0 Å². The van der Waals surface area contributed by atoms with Crippen LogP contribution in [0.1, 0.15) is 6.42 Å². The largest absolute Gasteiger partial charge is 0.460 e. The number of quaternary nitrogens is 1. The van der Waals surface area contributed by atoms with Gasteiger partial charge >= 0.3 is 5.97 Å². The molecule has 0 saturated carbocycles. The van der Waals surface area contributed by atoms with E-state index in [-0.39, 0.29) is 5.97 Å². The van der Waals surface area contributed by atoms with Gasteiger partial charge in [-0.25, -0.2) is 0 Å². The van der Waals surface area contributed by atoms with Crippen LogP contribution in [-0.2, 0) is 19.0 Å². The molecule has 1 heterocycles. The molecule has 0 aromatic heterocycles. The summed E-state index contributed by atoms with van der Waals surface area (Å²) in [6.45, 7) is 5.45. The van der Waals surface area contributed by atoms with E-state index >= 15 is 0 Å². The zero-order valence-electron chi connectivity index (χ0n) is 9.29. The average molecular weight is 218 g/mol. The standard InChI is InChI=1S/C10H19NO4/c1-13-6-2-10(12)15-9-5-11-3-7-14-8-4-11/h2-9H2,1H3/p+1. The Labute approximate surface area is 90.3 Å². The Balaban J connectivity index is 1.97. The molecule has 88 valence electrons. The Morgan fingerprint density at radius 2 is 2.07 bits per heavy atom. The van der Waals surface area contributed by atoms with E-state index < -0.39 is 0 Å². The number of morpholine rings is 1. The maximum Gasteiger partial charge on any atom is 0.308 e. The van der Waals surface area contributed by atoms with Crippen LogP contribution in [-0.4, -0.2) is 59.1 Å². The molecular formula is C10H20NO4+. The first-order valence-electron chi connectivity index (χ1n) is 5.39. The van der Waals surface area contributed by atoms with Gasteiger partial charge in [-0.05, 0) is 0 Å². The number of hydrogen-bond donors (Lipinski definition) is 1. The van der Waals surface area contributed by atoms with Crippen molar-refractivity contribution < 1.29 is 23.9 Å². The van der Waals surface area contributed by atoms with Gasteiger partial charge < -0.3 is 19.1 Å². The highest BCUT2D eigenvalue weighted by Crippen LogP contribution is 1.85. The Bertz CT molecular complexity index is 180. The minimum atomic E-state index is -0.176. The summed E-state index contributed by atoms with van der Waals surface area (Å²) in [5, 5.41) is 0. The maximum absolute atomic E-state index is 11.1. The molecule has 0 atom stereocenters. The summed E-state index contributed by atoms with van der Waals surface area (Å²) in [5.41, 5.74) is 0. The van der Waals surface area contributed by atoms with Crippen LogP contribution in [0.25, 0.3) is 0 Å². The molecule has 0 unspecified atom stereocenters. The van der Waals surface area contributed by atoms with Crippen molar-refractivity contribution in [1.82, 2.24) is 0 Å². The van der Waals surface area contributed by atoms with Crippen LogP contribution >= 0.6 is 0 Å². The maximum atomic E-state index is 11.1. The fraction of sp³-hybridized carbons (Fsp3) is 0.900. The Kier molecular flexibility index (Phi) is 6.31. The highest BCUT2D eigenvalue weighted by Gasteiger charge is 2.13. The predicted molar refractivity (Wildman–Crippen MR) is 53.8 cm³/mol. The van der Waals surface area contributed by atoms with Crippen molar-refractivity contribution in [1.29, 1.82) is 0 Å². The molecule has 1 N–H and O–H groups in total. The van der Waals surface area contributed by atoms with E-state index in [0.29, 0.717) is 19.6 Å².